The molecule has 0 unspecified atom stereocenters. The van der Waals surface area contributed by atoms with Crippen molar-refractivity contribution in [1.82, 2.24) is 9.97 Å². The highest BCUT2D eigenvalue weighted by Gasteiger charge is 2.23. The van der Waals surface area contributed by atoms with Crippen molar-refractivity contribution < 1.29 is 0 Å². The monoisotopic (exact) mass is 435 g/mol. The summed E-state index contributed by atoms with van der Waals surface area (Å²) in [6.45, 7) is 6.38. The molecule has 0 aliphatic rings. The molecule has 6 heteroatoms. The first-order valence-electron chi connectivity index (χ1n) is 6.45. The molecule has 3 nitrogen and oxygen atoms in total. The predicted molar refractivity (Wildman–Crippen MR) is 98.5 cm³/mol. The number of nitrogens with zero attached hydrogens (tertiary/aromatic N) is 2. The van der Waals surface area contributed by atoms with Gasteiger partial charge >= 0.3 is 0 Å². The normalized spacial score (nSPS) is 11.6. The van der Waals surface area contributed by atoms with Crippen molar-refractivity contribution in [2.24, 2.45) is 0 Å². The maximum absolute atomic E-state index is 6.27. The minimum atomic E-state index is -0.0924. The molecule has 0 aliphatic heterocycles. The van der Waals surface area contributed by atoms with Crippen LogP contribution in [0.5, 0.6) is 0 Å². The van der Waals surface area contributed by atoms with Crippen LogP contribution in [0.1, 0.15) is 26.5 Å². The Bertz CT molecular complexity index is 681. The van der Waals surface area contributed by atoms with Crippen LogP contribution in [0, 0.1) is 3.57 Å². The largest absolute Gasteiger partial charge is 0.372 e. The smallest absolute Gasteiger partial charge is 0.163 e. The number of halogens is 3. The van der Waals surface area contributed by atoms with Crippen LogP contribution in [0.15, 0.2) is 18.2 Å². The maximum atomic E-state index is 6.27. The number of nitrogens with one attached hydrogen (secondary N) is 1. The second-order valence-corrected chi connectivity index (χ2v) is 7.60. The zero-order chi connectivity index (χ0) is 15.8. The van der Waals surface area contributed by atoms with Crippen molar-refractivity contribution in [1.29, 1.82) is 0 Å². The molecular formula is C15H16Cl2IN3. The van der Waals surface area contributed by atoms with Crippen molar-refractivity contribution in [3.63, 3.8) is 0 Å². The van der Waals surface area contributed by atoms with Crippen LogP contribution in [-0.2, 0) is 5.41 Å². The summed E-state index contributed by atoms with van der Waals surface area (Å²) in [6, 6.07) is 5.30. The molecule has 2 rings (SSSR count). The van der Waals surface area contributed by atoms with E-state index in [2.05, 4.69) is 53.7 Å². The lowest BCUT2D eigenvalue weighted by molar-refractivity contribution is 0.564. The van der Waals surface area contributed by atoms with Crippen molar-refractivity contribution in [3.8, 4) is 11.4 Å². The zero-order valence-electron chi connectivity index (χ0n) is 12.3. The zero-order valence-corrected chi connectivity index (χ0v) is 15.9. The van der Waals surface area contributed by atoms with Crippen molar-refractivity contribution >= 4 is 51.6 Å². The van der Waals surface area contributed by atoms with E-state index in [4.69, 9.17) is 28.2 Å². The average molecular weight is 436 g/mol. The van der Waals surface area contributed by atoms with Gasteiger partial charge in [-0.2, -0.15) is 0 Å². The van der Waals surface area contributed by atoms with Gasteiger partial charge in [0.05, 0.1) is 14.3 Å². The second-order valence-electron chi connectivity index (χ2n) is 5.68. The first-order valence-corrected chi connectivity index (χ1v) is 8.28. The summed E-state index contributed by atoms with van der Waals surface area (Å²) >= 11 is 14.6. The van der Waals surface area contributed by atoms with Gasteiger partial charge in [-0.25, -0.2) is 9.97 Å². The number of benzene rings is 1. The molecule has 1 N–H and O–H groups in total. The van der Waals surface area contributed by atoms with E-state index in [1.165, 1.54) is 0 Å². The van der Waals surface area contributed by atoms with Gasteiger partial charge in [0.2, 0.25) is 0 Å². The van der Waals surface area contributed by atoms with E-state index in [1.54, 1.807) is 18.2 Å². The molecule has 0 fully saturated rings. The Morgan fingerprint density at radius 1 is 1.14 bits per heavy atom. The first kappa shape index (κ1) is 16.8. The Balaban J connectivity index is 2.73. The molecule has 1 aromatic carbocycles. The second kappa shape index (κ2) is 6.26. The summed E-state index contributed by atoms with van der Waals surface area (Å²) in [5, 5.41) is 4.31. The predicted octanol–water partition coefficient (Wildman–Crippen LogP) is 5.39. The van der Waals surface area contributed by atoms with E-state index < -0.39 is 0 Å². The molecule has 112 valence electrons. The van der Waals surface area contributed by atoms with Crippen LogP contribution in [0.3, 0.4) is 0 Å². The van der Waals surface area contributed by atoms with Crippen LogP contribution >= 0.6 is 45.8 Å². The molecule has 0 bridgehead atoms. The molecule has 21 heavy (non-hydrogen) atoms. The van der Waals surface area contributed by atoms with Gasteiger partial charge in [0.15, 0.2) is 5.82 Å². The number of aromatic nitrogens is 2. The molecule has 2 aromatic rings. The van der Waals surface area contributed by atoms with Crippen LogP contribution in [0.4, 0.5) is 5.82 Å². The van der Waals surface area contributed by atoms with Gasteiger partial charge in [-0.3, -0.25) is 0 Å². The molecule has 0 saturated heterocycles. The summed E-state index contributed by atoms with van der Waals surface area (Å²) in [4.78, 5) is 9.29. The number of hydrogen-bond donors (Lipinski definition) is 1. The SMILES string of the molecule is CNc1nc(-c2cc(Cl)ccc2Cl)nc(C(C)(C)C)c1I. The van der Waals surface area contributed by atoms with Gasteiger partial charge in [0.1, 0.15) is 5.82 Å². The Kier molecular flexibility index (Phi) is 5.00. The summed E-state index contributed by atoms with van der Waals surface area (Å²) < 4.78 is 1.02. The third kappa shape index (κ3) is 3.60. The molecular weight excluding hydrogens is 420 g/mol. The average Bonchev–Trinajstić information content (AvgIpc) is 2.40. The number of hydrogen-bond acceptors (Lipinski definition) is 3. The first-order chi connectivity index (χ1) is 9.74. The van der Waals surface area contributed by atoms with Gasteiger partial charge < -0.3 is 5.32 Å². The Morgan fingerprint density at radius 3 is 2.38 bits per heavy atom. The maximum Gasteiger partial charge on any atom is 0.163 e. The highest BCUT2D eigenvalue weighted by atomic mass is 127. The van der Waals surface area contributed by atoms with Crippen LogP contribution in [0.2, 0.25) is 10.0 Å². The third-order valence-corrected chi connectivity index (χ3v) is 4.55. The molecule has 0 amide bonds. The van der Waals surface area contributed by atoms with E-state index in [9.17, 15) is 0 Å². The fourth-order valence-electron chi connectivity index (χ4n) is 1.90. The number of rotatable bonds is 2. The highest BCUT2D eigenvalue weighted by Crippen LogP contribution is 2.34. The Hall–Kier alpha value is -0.590. The van der Waals surface area contributed by atoms with E-state index in [0.29, 0.717) is 15.9 Å². The molecule has 0 spiro atoms. The standard InChI is InChI=1S/C15H16Cl2IN3/c1-15(2,3)12-11(18)14(19-4)21-13(20-12)9-7-8(16)5-6-10(9)17/h5-7H,1-4H3,(H,19,20,21). The Labute approximate surface area is 148 Å². The van der Waals surface area contributed by atoms with Crippen LogP contribution in [0.25, 0.3) is 11.4 Å². The van der Waals surface area contributed by atoms with Crippen LogP contribution in [-0.4, -0.2) is 17.0 Å². The molecule has 1 heterocycles. The van der Waals surface area contributed by atoms with E-state index in [1.807, 2.05) is 7.05 Å². The van der Waals surface area contributed by atoms with Gasteiger partial charge in [0.25, 0.3) is 0 Å². The Morgan fingerprint density at radius 2 is 1.81 bits per heavy atom. The van der Waals surface area contributed by atoms with E-state index in [-0.39, 0.29) is 5.41 Å². The molecule has 0 radical (unpaired) electrons. The summed E-state index contributed by atoms with van der Waals surface area (Å²) in [6.07, 6.45) is 0. The van der Waals surface area contributed by atoms with Gasteiger partial charge in [0, 0.05) is 23.0 Å². The van der Waals surface area contributed by atoms with Crippen molar-refractivity contribution in [2.75, 3.05) is 12.4 Å². The summed E-state index contributed by atoms with van der Waals surface area (Å²) in [5.74, 6) is 1.37. The fraction of sp³-hybridized carbons (Fsp3) is 0.333. The highest BCUT2D eigenvalue weighted by molar-refractivity contribution is 14.1. The minimum absolute atomic E-state index is 0.0924. The lowest BCUT2D eigenvalue weighted by Gasteiger charge is -2.22. The lowest BCUT2D eigenvalue weighted by Crippen LogP contribution is -2.18. The summed E-state index contributed by atoms with van der Waals surface area (Å²) in [5.41, 5.74) is 1.63. The third-order valence-electron chi connectivity index (χ3n) is 2.97. The van der Waals surface area contributed by atoms with Gasteiger partial charge in [-0.15, -0.1) is 0 Å². The van der Waals surface area contributed by atoms with Crippen molar-refractivity contribution in [3.05, 3.63) is 37.5 Å². The van der Waals surface area contributed by atoms with E-state index >= 15 is 0 Å². The molecule has 0 atom stereocenters. The number of anilines is 1. The summed E-state index contributed by atoms with van der Waals surface area (Å²) in [7, 11) is 1.85. The van der Waals surface area contributed by atoms with Crippen molar-refractivity contribution in [2.45, 2.75) is 26.2 Å². The fourth-order valence-corrected chi connectivity index (χ4v) is 3.59. The van der Waals surface area contributed by atoms with E-state index in [0.717, 1.165) is 20.6 Å². The minimum Gasteiger partial charge on any atom is -0.372 e. The lowest BCUT2D eigenvalue weighted by atomic mass is 9.91. The molecule has 1 aromatic heterocycles. The quantitative estimate of drug-likeness (QED) is 0.642. The topological polar surface area (TPSA) is 37.8 Å². The molecule has 0 aliphatic carbocycles. The molecule has 0 saturated carbocycles. The van der Waals surface area contributed by atoms with Crippen LogP contribution < -0.4 is 5.32 Å². The van der Waals surface area contributed by atoms with Gasteiger partial charge in [-0.05, 0) is 40.8 Å². The van der Waals surface area contributed by atoms with Gasteiger partial charge in [-0.1, -0.05) is 44.0 Å².